The highest BCUT2D eigenvalue weighted by Crippen LogP contribution is 2.07. The highest BCUT2D eigenvalue weighted by molar-refractivity contribution is 6.40. The first-order valence-electron chi connectivity index (χ1n) is 5.19. The van der Waals surface area contributed by atoms with Gasteiger partial charge in [0.2, 0.25) is 0 Å². The molecule has 0 unspecified atom stereocenters. The first-order chi connectivity index (χ1) is 6.79. The Kier molecular flexibility index (Phi) is 5.34. The maximum absolute atomic E-state index is 8.62. The second kappa shape index (κ2) is 6.63. The quantitative estimate of drug-likeness (QED) is 0.533. The lowest BCUT2D eigenvalue weighted by molar-refractivity contribution is 0.401. The van der Waals surface area contributed by atoms with Crippen molar-refractivity contribution in [3.63, 3.8) is 0 Å². The fraction of sp³-hybridized carbons (Fsp3) is 0.455. The predicted octanol–water partition coefficient (Wildman–Crippen LogP) is 1.87. The van der Waals surface area contributed by atoms with Crippen LogP contribution >= 0.6 is 0 Å². The first-order valence-corrected chi connectivity index (χ1v) is 5.19. The average Bonchev–Trinajstić information content (AvgIpc) is 2.18. The summed E-state index contributed by atoms with van der Waals surface area (Å²) in [6.45, 7) is 0. The SMILES string of the molecule is OB(O)CCCCCc1ccccc1. The predicted molar refractivity (Wildman–Crippen MR) is 59.0 cm³/mol. The lowest BCUT2D eigenvalue weighted by atomic mass is 9.83. The summed E-state index contributed by atoms with van der Waals surface area (Å²) < 4.78 is 0. The smallest absolute Gasteiger partial charge is 0.427 e. The van der Waals surface area contributed by atoms with Crippen molar-refractivity contribution in [2.75, 3.05) is 0 Å². The Hall–Kier alpha value is -0.795. The molecule has 0 saturated carbocycles. The van der Waals surface area contributed by atoms with E-state index in [2.05, 4.69) is 12.1 Å². The number of rotatable bonds is 6. The summed E-state index contributed by atoms with van der Waals surface area (Å²) in [4.78, 5) is 0. The number of benzene rings is 1. The second-order valence-corrected chi connectivity index (χ2v) is 3.57. The Morgan fingerprint density at radius 1 is 0.929 bits per heavy atom. The maximum Gasteiger partial charge on any atom is 0.451 e. The van der Waals surface area contributed by atoms with Crippen LogP contribution < -0.4 is 0 Å². The van der Waals surface area contributed by atoms with E-state index in [0.29, 0.717) is 6.32 Å². The van der Waals surface area contributed by atoms with E-state index in [1.165, 1.54) is 5.56 Å². The van der Waals surface area contributed by atoms with Gasteiger partial charge in [-0.05, 0) is 24.7 Å². The summed E-state index contributed by atoms with van der Waals surface area (Å²) in [6, 6.07) is 10.4. The Balaban J connectivity index is 2.05. The van der Waals surface area contributed by atoms with Crippen LogP contribution in [-0.2, 0) is 6.42 Å². The van der Waals surface area contributed by atoms with Crippen LogP contribution in [-0.4, -0.2) is 17.2 Å². The fourth-order valence-corrected chi connectivity index (χ4v) is 1.48. The Labute approximate surface area is 85.7 Å². The molecule has 0 aliphatic rings. The lowest BCUT2D eigenvalue weighted by Crippen LogP contribution is -2.09. The van der Waals surface area contributed by atoms with E-state index in [1.807, 2.05) is 18.2 Å². The Morgan fingerprint density at radius 3 is 2.29 bits per heavy atom. The van der Waals surface area contributed by atoms with E-state index in [0.717, 1.165) is 25.7 Å². The van der Waals surface area contributed by atoms with Gasteiger partial charge >= 0.3 is 7.12 Å². The monoisotopic (exact) mass is 192 g/mol. The molecule has 0 spiro atoms. The molecular formula is C11H17BO2. The zero-order valence-electron chi connectivity index (χ0n) is 8.39. The van der Waals surface area contributed by atoms with Crippen molar-refractivity contribution in [1.29, 1.82) is 0 Å². The third kappa shape index (κ3) is 5.05. The summed E-state index contributed by atoms with van der Waals surface area (Å²) in [7, 11) is -1.13. The van der Waals surface area contributed by atoms with E-state index in [4.69, 9.17) is 10.0 Å². The van der Waals surface area contributed by atoms with Gasteiger partial charge in [0.15, 0.2) is 0 Å². The summed E-state index contributed by atoms with van der Waals surface area (Å²) in [5.41, 5.74) is 1.36. The standard InChI is InChI=1S/C11H17BO2/c13-12(14)10-6-2-5-9-11-7-3-1-4-8-11/h1,3-4,7-8,13-14H,2,5-6,9-10H2. The molecule has 1 rings (SSSR count). The fourth-order valence-electron chi connectivity index (χ4n) is 1.48. The third-order valence-electron chi connectivity index (χ3n) is 2.27. The van der Waals surface area contributed by atoms with Crippen LogP contribution in [0.2, 0.25) is 6.32 Å². The van der Waals surface area contributed by atoms with Crippen molar-refractivity contribution in [2.24, 2.45) is 0 Å². The van der Waals surface area contributed by atoms with Crippen molar-refractivity contribution in [3.8, 4) is 0 Å². The first kappa shape index (κ1) is 11.3. The molecule has 0 fully saturated rings. The largest absolute Gasteiger partial charge is 0.451 e. The van der Waals surface area contributed by atoms with Crippen LogP contribution in [0.25, 0.3) is 0 Å². The van der Waals surface area contributed by atoms with Crippen LogP contribution in [0.3, 0.4) is 0 Å². The van der Waals surface area contributed by atoms with Gasteiger partial charge in [-0.25, -0.2) is 0 Å². The van der Waals surface area contributed by atoms with E-state index in [9.17, 15) is 0 Å². The summed E-state index contributed by atoms with van der Waals surface area (Å²) >= 11 is 0. The molecule has 0 saturated heterocycles. The van der Waals surface area contributed by atoms with Crippen molar-refractivity contribution < 1.29 is 10.0 Å². The zero-order chi connectivity index (χ0) is 10.2. The number of hydrogen-bond donors (Lipinski definition) is 2. The molecule has 14 heavy (non-hydrogen) atoms. The van der Waals surface area contributed by atoms with Gasteiger partial charge in [-0.1, -0.05) is 43.2 Å². The van der Waals surface area contributed by atoms with Crippen LogP contribution in [0, 0.1) is 0 Å². The molecule has 3 heteroatoms. The van der Waals surface area contributed by atoms with Gasteiger partial charge in [-0.3, -0.25) is 0 Å². The van der Waals surface area contributed by atoms with Crippen LogP contribution in [0.5, 0.6) is 0 Å². The van der Waals surface area contributed by atoms with E-state index < -0.39 is 7.12 Å². The maximum atomic E-state index is 8.62. The van der Waals surface area contributed by atoms with E-state index in [1.54, 1.807) is 0 Å². The molecule has 76 valence electrons. The molecule has 0 aromatic heterocycles. The highest BCUT2D eigenvalue weighted by atomic mass is 16.4. The summed E-state index contributed by atoms with van der Waals surface area (Å²) in [6.07, 6.45) is 4.66. The normalized spacial score (nSPS) is 10.1. The minimum absolute atomic E-state index is 0.495. The van der Waals surface area contributed by atoms with Crippen LogP contribution in [0.4, 0.5) is 0 Å². The summed E-state index contributed by atoms with van der Waals surface area (Å²) in [5.74, 6) is 0. The minimum atomic E-state index is -1.13. The number of hydrogen-bond acceptors (Lipinski definition) is 2. The molecule has 0 aliphatic heterocycles. The van der Waals surface area contributed by atoms with Gasteiger partial charge < -0.3 is 10.0 Å². The molecule has 0 bridgehead atoms. The highest BCUT2D eigenvalue weighted by Gasteiger charge is 2.04. The van der Waals surface area contributed by atoms with Gasteiger partial charge in [0.25, 0.3) is 0 Å². The van der Waals surface area contributed by atoms with Gasteiger partial charge in [0, 0.05) is 0 Å². The van der Waals surface area contributed by atoms with Crippen LogP contribution in [0.15, 0.2) is 30.3 Å². The van der Waals surface area contributed by atoms with E-state index in [-0.39, 0.29) is 0 Å². The van der Waals surface area contributed by atoms with E-state index >= 15 is 0 Å². The zero-order valence-corrected chi connectivity index (χ0v) is 8.39. The molecule has 0 atom stereocenters. The Morgan fingerprint density at radius 2 is 1.64 bits per heavy atom. The molecular weight excluding hydrogens is 175 g/mol. The molecule has 2 N–H and O–H groups in total. The molecule has 2 nitrogen and oxygen atoms in total. The van der Waals surface area contributed by atoms with Gasteiger partial charge in [-0.15, -0.1) is 0 Å². The molecule has 0 heterocycles. The van der Waals surface area contributed by atoms with Crippen molar-refractivity contribution >= 4 is 7.12 Å². The molecule has 0 aliphatic carbocycles. The molecule has 0 amide bonds. The lowest BCUT2D eigenvalue weighted by Gasteiger charge is -2.01. The summed E-state index contributed by atoms with van der Waals surface area (Å²) in [5, 5.41) is 17.2. The minimum Gasteiger partial charge on any atom is -0.427 e. The molecule has 1 aromatic rings. The van der Waals surface area contributed by atoms with Crippen molar-refractivity contribution in [1.82, 2.24) is 0 Å². The van der Waals surface area contributed by atoms with Crippen LogP contribution in [0.1, 0.15) is 24.8 Å². The topological polar surface area (TPSA) is 40.5 Å². The molecule has 0 radical (unpaired) electrons. The van der Waals surface area contributed by atoms with Crippen molar-refractivity contribution in [3.05, 3.63) is 35.9 Å². The Bertz CT molecular complexity index is 236. The number of unbranched alkanes of at least 4 members (excludes halogenated alkanes) is 2. The van der Waals surface area contributed by atoms with Gasteiger partial charge in [0.1, 0.15) is 0 Å². The number of aryl methyl sites for hydroxylation is 1. The second-order valence-electron chi connectivity index (χ2n) is 3.57. The third-order valence-corrected chi connectivity index (χ3v) is 2.27. The van der Waals surface area contributed by atoms with Gasteiger partial charge in [-0.2, -0.15) is 0 Å². The van der Waals surface area contributed by atoms with Gasteiger partial charge in [0.05, 0.1) is 0 Å². The average molecular weight is 192 g/mol. The van der Waals surface area contributed by atoms with Crippen molar-refractivity contribution in [2.45, 2.75) is 32.0 Å². The molecule has 1 aromatic carbocycles.